The van der Waals surface area contributed by atoms with Gasteiger partial charge in [-0.2, -0.15) is 0 Å². The van der Waals surface area contributed by atoms with E-state index in [4.69, 9.17) is 39.5 Å². The molecule has 1 aromatic heterocycles. The average Bonchev–Trinajstić information content (AvgIpc) is 3.01. The number of nitrogens with zero attached hydrogens (tertiary/aromatic N) is 1. The van der Waals surface area contributed by atoms with E-state index in [1.807, 2.05) is 0 Å². The normalized spacial score (nSPS) is 26.5. The first kappa shape index (κ1) is 18.9. The number of aliphatic hydroxyl groups is 3. The minimum Gasteiger partial charge on any atom is -0.394 e. The molecular formula is C16H16Cl3NO5. The number of hydrogen-bond acceptors (Lipinski definition) is 5. The van der Waals surface area contributed by atoms with Gasteiger partial charge in [-0.05, 0) is 12.1 Å². The Balaban J connectivity index is 2.27. The van der Waals surface area contributed by atoms with Crippen LogP contribution in [0, 0.1) is 0 Å². The van der Waals surface area contributed by atoms with Crippen LogP contribution in [0.3, 0.4) is 0 Å². The van der Waals surface area contributed by atoms with Gasteiger partial charge in [-0.3, -0.25) is 4.79 Å². The molecule has 0 spiro atoms. The van der Waals surface area contributed by atoms with Crippen LogP contribution < -0.4 is 0 Å². The summed E-state index contributed by atoms with van der Waals surface area (Å²) in [5.74, 6) is -0.209. The van der Waals surface area contributed by atoms with Gasteiger partial charge in [0.15, 0.2) is 12.0 Å². The van der Waals surface area contributed by atoms with Crippen molar-refractivity contribution in [3.05, 3.63) is 32.9 Å². The van der Waals surface area contributed by atoms with Crippen LogP contribution >= 0.6 is 34.8 Å². The number of halogens is 3. The molecule has 0 amide bonds. The maximum absolute atomic E-state index is 12.4. The molecule has 1 saturated heterocycles. The molecule has 1 aliphatic rings. The van der Waals surface area contributed by atoms with Crippen LogP contribution in [0.15, 0.2) is 12.1 Å². The summed E-state index contributed by atoms with van der Waals surface area (Å²) in [4.78, 5) is 12.4. The monoisotopic (exact) mass is 407 g/mol. The number of ketones is 1. The van der Waals surface area contributed by atoms with Crippen molar-refractivity contribution in [1.82, 2.24) is 4.57 Å². The van der Waals surface area contributed by atoms with Gasteiger partial charge in [0.25, 0.3) is 0 Å². The topological polar surface area (TPSA) is 91.9 Å². The van der Waals surface area contributed by atoms with Gasteiger partial charge in [-0.1, -0.05) is 41.7 Å². The van der Waals surface area contributed by atoms with Crippen LogP contribution in [-0.2, 0) is 4.74 Å². The van der Waals surface area contributed by atoms with Crippen molar-refractivity contribution in [1.29, 1.82) is 0 Å². The van der Waals surface area contributed by atoms with Crippen molar-refractivity contribution in [2.75, 3.05) is 6.61 Å². The van der Waals surface area contributed by atoms with Gasteiger partial charge in [-0.25, -0.2) is 0 Å². The van der Waals surface area contributed by atoms with Crippen molar-refractivity contribution >= 4 is 51.5 Å². The first-order valence-electron chi connectivity index (χ1n) is 7.65. The van der Waals surface area contributed by atoms with Gasteiger partial charge >= 0.3 is 0 Å². The molecule has 1 unspecified atom stereocenters. The molecule has 2 aromatic rings. The van der Waals surface area contributed by atoms with Crippen LogP contribution in [0.4, 0.5) is 0 Å². The molecule has 1 aliphatic heterocycles. The summed E-state index contributed by atoms with van der Waals surface area (Å²) in [6.07, 6.45) is -4.48. The molecule has 0 aliphatic carbocycles. The van der Waals surface area contributed by atoms with E-state index in [1.54, 1.807) is 6.92 Å². The largest absolute Gasteiger partial charge is 0.394 e. The zero-order valence-corrected chi connectivity index (χ0v) is 15.4. The minimum absolute atomic E-state index is 0.0509. The zero-order valence-electron chi connectivity index (χ0n) is 13.1. The maximum atomic E-state index is 12.4. The predicted octanol–water partition coefficient (Wildman–Crippen LogP) is 2.81. The molecule has 136 valence electrons. The first-order valence-corrected chi connectivity index (χ1v) is 8.79. The SMILES string of the molecule is CCC(=O)c1c(Cl)n(C2O[C@H](CO)[C@@H](O)[C@H]2O)c2cc(Cl)c(Cl)cc12. The summed E-state index contributed by atoms with van der Waals surface area (Å²) < 4.78 is 6.94. The number of rotatable bonds is 4. The lowest BCUT2D eigenvalue weighted by atomic mass is 10.1. The number of carbonyl (C=O) groups is 1. The number of fused-ring (bicyclic) bond motifs is 1. The van der Waals surface area contributed by atoms with E-state index in [9.17, 15) is 20.1 Å². The van der Waals surface area contributed by atoms with Gasteiger partial charge in [-0.15, -0.1) is 0 Å². The van der Waals surface area contributed by atoms with Gasteiger partial charge in [0, 0.05) is 11.8 Å². The van der Waals surface area contributed by atoms with Crippen LogP contribution in [-0.4, -0.2) is 50.6 Å². The molecule has 4 atom stereocenters. The molecule has 0 saturated carbocycles. The van der Waals surface area contributed by atoms with E-state index in [0.29, 0.717) is 10.9 Å². The Morgan fingerprint density at radius 3 is 2.40 bits per heavy atom. The van der Waals surface area contributed by atoms with E-state index in [-0.39, 0.29) is 33.0 Å². The first-order chi connectivity index (χ1) is 11.8. The van der Waals surface area contributed by atoms with E-state index in [2.05, 4.69) is 0 Å². The summed E-state index contributed by atoms with van der Waals surface area (Å²) in [7, 11) is 0. The number of aliphatic hydroxyl groups excluding tert-OH is 3. The molecule has 6 nitrogen and oxygen atoms in total. The highest BCUT2D eigenvalue weighted by Gasteiger charge is 2.45. The Hall–Kier alpha value is -0.860. The summed E-state index contributed by atoms with van der Waals surface area (Å²) in [6.45, 7) is 1.23. The molecular weight excluding hydrogens is 393 g/mol. The smallest absolute Gasteiger partial charge is 0.166 e. The van der Waals surface area contributed by atoms with Crippen LogP contribution in [0.25, 0.3) is 10.9 Å². The number of aromatic nitrogens is 1. The third kappa shape index (κ3) is 2.96. The van der Waals surface area contributed by atoms with Crippen LogP contribution in [0.5, 0.6) is 0 Å². The summed E-state index contributed by atoms with van der Waals surface area (Å²) >= 11 is 18.6. The highest BCUT2D eigenvalue weighted by Crippen LogP contribution is 2.41. The number of ether oxygens (including phenoxy) is 1. The quantitative estimate of drug-likeness (QED) is 0.677. The van der Waals surface area contributed by atoms with E-state index in [1.165, 1.54) is 16.7 Å². The average molecular weight is 409 g/mol. The molecule has 3 N–H and O–H groups in total. The van der Waals surface area contributed by atoms with Crippen molar-refractivity contribution < 1.29 is 24.9 Å². The van der Waals surface area contributed by atoms with Crippen molar-refractivity contribution in [3.8, 4) is 0 Å². The van der Waals surface area contributed by atoms with Crippen LogP contribution in [0.2, 0.25) is 15.2 Å². The Morgan fingerprint density at radius 2 is 1.84 bits per heavy atom. The molecule has 9 heteroatoms. The third-order valence-corrected chi connectivity index (χ3v) is 5.45. The second-order valence-electron chi connectivity index (χ2n) is 5.82. The number of carbonyl (C=O) groups excluding carboxylic acids is 1. The highest BCUT2D eigenvalue weighted by atomic mass is 35.5. The molecule has 0 bridgehead atoms. The van der Waals surface area contributed by atoms with Crippen LogP contribution in [0.1, 0.15) is 29.9 Å². The van der Waals surface area contributed by atoms with Gasteiger partial charge in [0.1, 0.15) is 23.5 Å². The predicted molar refractivity (Wildman–Crippen MR) is 94.6 cm³/mol. The van der Waals surface area contributed by atoms with Crippen molar-refractivity contribution in [2.45, 2.75) is 37.9 Å². The van der Waals surface area contributed by atoms with E-state index >= 15 is 0 Å². The number of benzene rings is 1. The number of hydrogen-bond donors (Lipinski definition) is 3. The lowest BCUT2D eigenvalue weighted by Crippen LogP contribution is -2.33. The second-order valence-corrected chi connectivity index (χ2v) is 7.00. The van der Waals surface area contributed by atoms with Gasteiger partial charge in [0.2, 0.25) is 0 Å². The molecule has 0 radical (unpaired) electrons. The Labute approximate surface area is 158 Å². The Kier molecular flexibility index (Phi) is 5.33. The molecule has 1 fully saturated rings. The maximum Gasteiger partial charge on any atom is 0.166 e. The van der Waals surface area contributed by atoms with E-state index in [0.717, 1.165) is 0 Å². The minimum atomic E-state index is -1.34. The summed E-state index contributed by atoms with van der Waals surface area (Å²) in [5, 5.41) is 30.6. The Morgan fingerprint density at radius 1 is 1.20 bits per heavy atom. The summed E-state index contributed by atoms with van der Waals surface area (Å²) in [5.41, 5.74) is 0.682. The standard InChI is InChI=1S/C16H16Cl3NO5/c1-2-10(22)12-6-3-7(17)8(18)4-9(6)20(15(12)19)16-14(24)13(23)11(5-21)25-16/h3-4,11,13-14,16,21,23-24H,2,5H2,1H3/t11-,13-,14-,16?/m1/s1. The fraction of sp³-hybridized carbons (Fsp3) is 0.438. The Bertz CT molecular complexity index is 837. The zero-order chi connectivity index (χ0) is 18.5. The molecule has 1 aromatic carbocycles. The summed E-state index contributed by atoms with van der Waals surface area (Å²) in [6, 6.07) is 3.05. The third-order valence-electron chi connectivity index (χ3n) is 4.36. The fourth-order valence-corrected chi connectivity index (χ4v) is 3.77. The fourth-order valence-electron chi connectivity index (χ4n) is 3.06. The molecule has 2 heterocycles. The van der Waals surface area contributed by atoms with E-state index < -0.39 is 31.1 Å². The molecule has 3 rings (SSSR count). The van der Waals surface area contributed by atoms with Gasteiger partial charge in [0.05, 0.1) is 27.7 Å². The van der Waals surface area contributed by atoms with Crippen molar-refractivity contribution in [3.63, 3.8) is 0 Å². The number of Topliss-reactive ketones (excluding diaryl/α,β-unsaturated/α-hetero) is 1. The molecule has 25 heavy (non-hydrogen) atoms. The second kappa shape index (κ2) is 7.04. The van der Waals surface area contributed by atoms with Crippen molar-refractivity contribution in [2.24, 2.45) is 0 Å². The lowest BCUT2D eigenvalue weighted by Gasteiger charge is -2.19. The lowest BCUT2D eigenvalue weighted by molar-refractivity contribution is -0.0505. The highest BCUT2D eigenvalue weighted by molar-refractivity contribution is 6.43. The van der Waals surface area contributed by atoms with Gasteiger partial charge < -0.3 is 24.6 Å².